The minimum Gasteiger partial charge on any atom is -0.436 e. The fourth-order valence-electron chi connectivity index (χ4n) is 5.94. The molecule has 3 atom stereocenters. The molecule has 0 saturated carbocycles. The second-order valence-corrected chi connectivity index (χ2v) is 11.3. The number of pyridine rings is 1. The van der Waals surface area contributed by atoms with Gasteiger partial charge >= 0.3 is 0 Å². The summed E-state index contributed by atoms with van der Waals surface area (Å²) in [5.41, 5.74) is 6.31. The van der Waals surface area contributed by atoms with Crippen LogP contribution in [0.3, 0.4) is 0 Å². The number of fused-ring (bicyclic) bond motifs is 1. The van der Waals surface area contributed by atoms with Crippen LogP contribution in [0.15, 0.2) is 82.9 Å². The number of aromatic nitrogens is 7. The Morgan fingerprint density at radius 2 is 1.95 bits per heavy atom. The molecule has 3 unspecified atom stereocenters. The van der Waals surface area contributed by atoms with Gasteiger partial charge < -0.3 is 9.32 Å². The summed E-state index contributed by atoms with van der Waals surface area (Å²) in [5, 5.41) is 15.1. The maximum Gasteiger partial charge on any atom is 0.227 e. The number of amides is 1. The molecule has 2 aromatic carbocycles. The summed E-state index contributed by atoms with van der Waals surface area (Å²) < 4.78 is 10.4. The molecule has 0 bridgehead atoms. The highest BCUT2D eigenvalue weighted by Crippen LogP contribution is 2.41. The molecular weight excluding hydrogens is 548 g/mol. The number of benzene rings is 2. The maximum atomic E-state index is 12.8. The van der Waals surface area contributed by atoms with E-state index in [9.17, 15) is 4.79 Å². The van der Waals surface area contributed by atoms with Crippen molar-refractivity contribution < 1.29 is 9.21 Å². The highest BCUT2D eigenvalue weighted by atomic mass is 32.1. The lowest BCUT2D eigenvalue weighted by atomic mass is 9.81. The number of piperidine rings is 1. The number of hydrogen-bond donors (Lipinski definition) is 0. The first-order valence-corrected chi connectivity index (χ1v) is 14.7. The van der Waals surface area contributed by atoms with E-state index in [1.54, 1.807) is 17.9 Å². The molecule has 5 heterocycles. The number of aryl methyl sites for hydroxylation is 1. The third-order valence-electron chi connectivity index (χ3n) is 7.93. The van der Waals surface area contributed by atoms with Crippen LogP contribution in [-0.4, -0.2) is 51.9 Å². The van der Waals surface area contributed by atoms with Crippen LogP contribution in [0, 0.1) is 12.8 Å². The summed E-state index contributed by atoms with van der Waals surface area (Å²) in [7, 11) is 0. The molecule has 1 amide bonds. The Morgan fingerprint density at radius 3 is 2.71 bits per heavy atom. The van der Waals surface area contributed by atoms with Gasteiger partial charge in [-0.05, 0) is 77.8 Å². The Kier molecular flexibility index (Phi) is 6.79. The fourth-order valence-corrected chi connectivity index (χ4v) is 6.48. The third-order valence-corrected chi connectivity index (χ3v) is 8.52. The van der Waals surface area contributed by atoms with E-state index in [1.165, 1.54) is 11.5 Å². The summed E-state index contributed by atoms with van der Waals surface area (Å²) in [6, 6.07) is 19.8. The molecule has 1 fully saturated rings. The van der Waals surface area contributed by atoms with Crippen LogP contribution < -0.4 is 0 Å². The Morgan fingerprint density at radius 1 is 1.07 bits per heavy atom. The zero-order valence-corrected chi connectivity index (χ0v) is 24.0. The van der Waals surface area contributed by atoms with Gasteiger partial charge in [0.15, 0.2) is 11.4 Å². The normalized spacial score (nSPS) is 17.9. The molecule has 7 rings (SSSR count). The zero-order chi connectivity index (χ0) is 28.6. The van der Waals surface area contributed by atoms with Crippen LogP contribution in [-0.2, 0) is 4.79 Å². The Hall–Kier alpha value is -4.77. The van der Waals surface area contributed by atoms with Crippen molar-refractivity contribution in [1.29, 1.82) is 0 Å². The molecule has 0 radical (unpaired) electrons. The molecule has 42 heavy (non-hydrogen) atoms. The molecule has 210 valence electrons. The second kappa shape index (κ2) is 10.9. The second-order valence-electron chi connectivity index (χ2n) is 10.6. The molecule has 0 N–H and O–H groups in total. The van der Waals surface area contributed by atoms with Crippen LogP contribution in [0.5, 0.6) is 0 Å². The molecule has 4 aromatic heterocycles. The van der Waals surface area contributed by atoms with Gasteiger partial charge in [-0.25, -0.2) is 9.36 Å². The Bertz CT molecular complexity index is 1850. The third kappa shape index (κ3) is 4.96. The van der Waals surface area contributed by atoms with Crippen molar-refractivity contribution in [3.05, 3.63) is 95.5 Å². The van der Waals surface area contributed by atoms with Gasteiger partial charge in [-0.15, -0.1) is 10.2 Å². The summed E-state index contributed by atoms with van der Waals surface area (Å²) in [5.74, 6) is 1.32. The van der Waals surface area contributed by atoms with E-state index in [0.717, 1.165) is 39.9 Å². The number of tetrazole rings is 1. The molecule has 1 saturated heterocycles. The minimum absolute atomic E-state index is 0.0222. The van der Waals surface area contributed by atoms with E-state index in [4.69, 9.17) is 14.4 Å². The molecule has 10 nitrogen and oxygen atoms in total. The predicted molar refractivity (Wildman–Crippen MR) is 158 cm³/mol. The standard InChI is InChI=1S/C31H28N8O2S/c1-19-35-37-39(36-19)30(21-6-4-3-5-7-21)23-11-13-38(20(2)40)28(16-23)26-15-24(10-12-32-26)31-34-27-14-22(8-9-29(27)41-31)25-17-33-42-18-25/h3-10,12,14-15,17-18,23,28,30H,11,13,16H2,1-2H3. The summed E-state index contributed by atoms with van der Waals surface area (Å²) in [4.78, 5) is 26.0. The van der Waals surface area contributed by atoms with E-state index < -0.39 is 0 Å². The Labute approximate surface area is 246 Å². The van der Waals surface area contributed by atoms with Gasteiger partial charge in [-0.1, -0.05) is 36.4 Å². The van der Waals surface area contributed by atoms with Gasteiger partial charge in [0.05, 0.1) is 11.7 Å². The van der Waals surface area contributed by atoms with Crippen molar-refractivity contribution in [2.24, 2.45) is 5.92 Å². The number of nitrogens with zero attached hydrogens (tertiary/aromatic N) is 8. The minimum atomic E-state index is -0.223. The molecule has 1 aliphatic heterocycles. The SMILES string of the molecule is CC(=O)N1CCC(C(c2ccccc2)n2nnc(C)n2)CC1c1cc(-c2nc3cc(-c4cnsc4)ccc3o2)ccn1. The monoisotopic (exact) mass is 576 g/mol. The van der Waals surface area contributed by atoms with Crippen molar-refractivity contribution in [1.82, 2.24) is 39.4 Å². The zero-order valence-electron chi connectivity index (χ0n) is 23.2. The quantitative estimate of drug-likeness (QED) is 0.241. The van der Waals surface area contributed by atoms with Crippen LogP contribution in [0.1, 0.15) is 48.9 Å². The first-order chi connectivity index (χ1) is 20.5. The van der Waals surface area contributed by atoms with Crippen LogP contribution in [0.2, 0.25) is 0 Å². The lowest BCUT2D eigenvalue weighted by Gasteiger charge is -2.41. The molecule has 1 aliphatic rings. The lowest BCUT2D eigenvalue weighted by molar-refractivity contribution is -0.133. The highest BCUT2D eigenvalue weighted by molar-refractivity contribution is 7.03. The summed E-state index contributed by atoms with van der Waals surface area (Å²) in [6.07, 6.45) is 5.12. The van der Waals surface area contributed by atoms with Gasteiger partial charge in [0.1, 0.15) is 11.6 Å². The molecular formula is C31H28N8O2S. The van der Waals surface area contributed by atoms with Gasteiger partial charge in [-0.2, -0.15) is 4.80 Å². The van der Waals surface area contributed by atoms with Crippen LogP contribution in [0.4, 0.5) is 0 Å². The summed E-state index contributed by atoms with van der Waals surface area (Å²) in [6.45, 7) is 4.07. The number of carbonyl (C=O) groups excluding carboxylic acids is 1. The number of likely N-dealkylation sites (tertiary alicyclic amines) is 1. The van der Waals surface area contributed by atoms with Gasteiger partial charge in [0.25, 0.3) is 0 Å². The lowest BCUT2D eigenvalue weighted by Crippen LogP contribution is -2.42. The van der Waals surface area contributed by atoms with Crippen molar-refractivity contribution in [3.63, 3.8) is 0 Å². The van der Waals surface area contributed by atoms with E-state index in [1.807, 2.05) is 71.9 Å². The largest absolute Gasteiger partial charge is 0.436 e. The predicted octanol–water partition coefficient (Wildman–Crippen LogP) is 5.90. The Balaban J connectivity index is 1.23. The highest BCUT2D eigenvalue weighted by Gasteiger charge is 2.38. The molecule has 0 aliphatic carbocycles. The molecule has 6 aromatic rings. The van der Waals surface area contributed by atoms with Crippen molar-refractivity contribution >= 4 is 28.5 Å². The fraction of sp³-hybridized carbons (Fsp3) is 0.258. The van der Waals surface area contributed by atoms with Crippen molar-refractivity contribution in [3.8, 4) is 22.6 Å². The number of hydrogen-bond acceptors (Lipinski definition) is 9. The van der Waals surface area contributed by atoms with E-state index >= 15 is 0 Å². The first-order valence-electron chi connectivity index (χ1n) is 13.9. The average Bonchev–Trinajstić information content (AvgIpc) is 3.79. The number of rotatable bonds is 6. The van der Waals surface area contributed by atoms with Crippen molar-refractivity contribution in [2.45, 2.75) is 38.8 Å². The summed E-state index contributed by atoms with van der Waals surface area (Å²) >= 11 is 1.42. The van der Waals surface area contributed by atoms with E-state index in [-0.39, 0.29) is 23.9 Å². The van der Waals surface area contributed by atoms with Gasteiger partial charge in [-0.3, -0.25) is 9.78 Å². The van der Waals surface area contributed by atoms with Gasteiger partial charge in [0, 0.05) is 42.4 Å². The van der Waals surface area contributed by atoms with Crippen LogP contribution >= 0.6 is 11.5 Å². The first kappa shape index (κ1) is 26.1. The number of carbonyl (C=O) groups is 1. The molecule has 0 spiro atoms. The van der Waals surface area contributed by atoms with E-state index in [0.29, 0.717) is 30.3 Å². The maximum absolute atomic E-state index is 12.8. The van der Waals surface area contributed by atoms with Crippen molar-refractivity contribution in [2.75, 3.05) is 6.54 Å². The average molecular weight is 577 g/mol. The number of oxazole rings is 1. The molecule has 11 heteroatoms. The topological polar surface area (TPSA) is 116 Å². The smallest absolute Gasteiger partial charge is 0.227 e. The van der Waals surface area contributed by atoms with Gasteiger partial charge in [0.2, 0.25) is 11.8 Å². The van der Waals surface area contributed by atoms with E-state index in [2.05, 4.69) is 31.9 Å². The van der Waals surface area contributed by atoms with Crippen LogP contribution in [0.25, 0.3) is 33.7 Å².